The SMILES string of the molecule is O=C1C2C3CC(C(O)C3O)C2C(=O)N1C[C@@H]1CCCC[C@H]1CN1CCC(n2ccc3ccccc32)CC1. The average molecular weight is 506 g/mol. The van der Waals surface area contributed by atoms with Gasteiger partial charge >= 0.3 is 0 Å². The topological polar surface area (TPSA) is 86.0 Å². The van der Waals surface area contributed by atoms with Crippen molar-refractivity contribution in [2.75, 3.05) is 26.2 Å². The van der Waals surface area contributed by atoms with Gasteiger partial charge in [-0.15, -0.1) is 0 Å². The molecule has 7 rings (SSSR count). The number of hydrogen-bond donors (Lipinski definition) is 2. The van der Waals surface area contributed by atoms with Crippen LogP contribution in [0.5, 0.6) is 0 Å². The fraction of sp³-hybridized carbons (Fsp3) is 0.667. The van der Waals surface area contributed by atoms with Crippen molar-refractivity contribution in [1.82, 2.24) is 14.4 Å². The number of para-hydroxylation sites is 1. The molecule has 2 saturated heterocycles. The Morgan fingerprint density at radius 3 is 2.08 bits per heavy atom. The zero-order valence-electron chi connectivity index (χ0n) is 21.5. The van der Waals surface area contributed by atoms with Crippen LogP contribution in [0.15, 0.2) is 36.5 Å². The summed E-state index contributed by atoms with van der Waals surface area (Å²) in [6.07, 6.45) is 8.04. The first-order valence-corrected chi connectivity index (χ1v) is 14.5. The first-order valence-electron chi connectivity index (χ1n) is 14.5. The second kappa shape index (κ2) is 9.21. The lowest BCUT2D eigenvalue weighted by Crippen LogP contribution is -2.44. The maximum Gasteiger partial charge on any atom is 0.233 e. The summed E-state index contributed by atoms with van der Waals surface area (Å²) < 4.78 is 2.46. The maximum atomic E-state index is 13.4. The smallest absolute Gasteiger partial charge is 0.233 e. The summed E-state index contributed by atoms with van der Waals surface area (Å²) in [5.41, 5.74) is 1.33. The number of carbonyl (C=O) groups is 2. The summed E-state index contributed by atoms with van der Waals surface area (Å²) in [5.74, 6) is -0.663. The van der Waals surface area contributed by atoms with Crippen LogP contribution in [-0.2, 0) is 9.59 Å². The minimum Gasteiger partial charge on any atom is -0.390 e. The largest absolute Gasteiger partial charge is 0.390 e. The molecule has 0 radical (unpaired) electrons. The van der Waals surface area contributed by atoms with Crippen LogP contribution in [0.4, 0.5) is 0 Å². The van der Waals surface area contributed by atoms with Crippen LogP contribution >= 0.6 is 0 Å². The van der Waals surface area contributed by atoms with E-state index in [4.69, 9.17) is 0 Å². The lowest BCUT2D eigenvalue weighted by Gasteiger charge is -2.40. The average Bonchev–Trinajstić information content (AvgIpc) is 3.65. The molecule has 37 heavy (non-hydrogen) atoms. The molecule has 2 N–H and O–H groups in total. The van der Waals surface area contributed by atoms with E-state index in [0.717, 1.165) is 45.3 Å². The van der Waals surface area contributed by atoms with Crippen LogP contribution in [0.3, 0.4) is 0 Å². The Hall–Kier alpha value is -2.22. The monoisotopic (exact) mass is 505 g/mol. The van der Waals surface area contributed by atoms with Crippen molar-refractivity contribution in [1.29, 1.82) is 0 Å². The van der Waals surface area contributed by atoms with E-state index in [1.165, 1.54) is 28.6 Å². The molecule has 3 aliphatic carbocycles. The third-order valence-corrected chi connectivity index (χ3v) is 10.7. The number of imide groups is 1. The van der Waals surface area contributed by atoms with Gasteiger partial charge in [0.25, 0.3) is 0 Å². The summed E-state index contributed by atoms with van der Waals surface area (Å²) >= 11 is 0. The minimum atomic E-state index is -0.863. The second-order valence-corrected chi connectivity index (χ2v) is 12.5. The molecule has 198 valence electrons. The summed E-state index contributed by atoms with van der Waals surface area (Å²) in [5, 5.41) is 22.0. The van der Waals surface area contributed by atoms with Gasteiger partial charge in [-0.2, -0.15) is 0 Å². The Labute approximate surface area is 218 Å². The van der Waals surface area contributed by atoms with Gasteiger partial charge in [-0.3, -0.25) is 14.5 Å². The highest BCUT2D eigenvalue weighted by Crippen LogP contribution is 2.56. The number of amides is 2. The second-order valence-electron chi connectivity index (χ2n) is 12.5. The van der Waals surface area contributed by atoms with Gasteiger partial charge < -0.3 is 19.7 Å². The summed E-state index contributed by atoms with van der Waals surface area (Å²) in [4.78, 5) is 30.8. The molecule has 7 heteroatoms. The predicted molar refractivity (Wildman–Crippen MR) is 139 cm³/mol. The Morgan fingerprint density at radius 2 is 1.41 bits per heavy atom. The van der Waals surface area contributed by atoms with Gasteiger partial charge in [-0.05, 0) is 61.5 Å². The van der Waals surface area contributed by atoms with E-state index in [-0.39, 0.29) is 23.7 Å². The number of nitrogens with zero attached hydrogens (tertiary/aromatic N) is 3. The fourth-order valence-electron chi connectivity index (χ4n) is 8.81. The van der Waals surface area contributed by atoms with Crippen LogP contribution in [-0.4, -0.2) is 74.8 Å². The molecule has 3 saturated carbocycles. The third-order valence-electron chi connectivity index (χ3n) is 10.7. The molecule has 0 spiro atoms. The van der Waals surface area contributed by atoms with Crippen molar-refractivity contribution >= 4 is 22.7 Å². The van der Waals surface area contributed by atoms with Crippen LogP contribution in [0.25, 0.3) is 10.9 Å². The third kappa shape index (κ3) is 3.80. The highest BCUT2D eigenvalue weighted by molar-refractivity contribution is 6.06. The van der Waals surface area contributed by atoms with Crippen LogP contribution < -0.4 is 0 Å². The van der Waals surface area contributed by atoms with E-state index < -0.39 is 24.0 Å². The number of aliphatic hydroxyl groups excluding tert-OH is 2. The first-order chi connectivity index (χ1) is 18.0. The molecule has 5 aliphatic rings. The van der Waals surface area contributed by atoms with E-state index in [1.807, 2.05) is 0 Å². The van der Waals surface area contributed by atoms with Gasteiger partial charge in [0.1, 0.15) is 0 Å². The number of aliphatic hydroxyl groups is 2. The van der Waals surface area contributed by atoms with Crippen molar-refractivity contribution < 1.29 is 19.8 Å². The quantitative estimate of drug-likeness (QED) is 0.610. The van der Waals surface area contributed by atoms with Gasteiger partial charge in [0.2, 0.25) is 11.8 Å². The van der Waals surface area contributed by atoms with Gasteiger partial charge in [0.05, 0.1) is 24.0 Å². The summed E-state index contributed by atoms with van der Waals surface area (Å²) in [6.45, 7) is 3.75. The summed E-state index contributed by atoms with van der Waals surface area (Å²) in [6, 6.07) is 11.4. The molecule has 2 bridgehead atoms. The molecule has 1 aromatic heterocycles. The highest BCUT2D eigenvalue weighted by Gasteiger charge is 2.67. The van der Waals surface area contributed by atoms with E-state index >= 15 is 0 Å². The van der Waals surface area contributed by atoms with Crippen LogP contribution in [0.1, 0.15) is 51.0 Å². The van der Waals surface area contributed by atoms with E-state index in [2.05, 4.69) is 46.0 Å². The molecule has 3 heterocycles. The Kier molecular flexibility index (Phi) is 5.94. The lowest BCUT2D eigenvalue weighted by atomic mass is 9.78. The number of rotatable bonds is 5. The molecule has 1 aromatic carbocycles. The van der Waals surface area contributed by atoms with Crippen LogP contribution in [0, 0.1) is 35.5 Å². The molecule has 2 aliphatic heterocycles. The molecule has 2 aromatic rings. The number of likely N-dealkylation sites (tertiary alicyclic amines) is 2. The van der Waals surface area contributed by atoms with Gasteiger partial charge in [0, 0.05) is 55.8 Å². The fourth-order valence-corrected chi connectivity index (χ4v) is 8.81. The van der Waals surface area contributed by atoms with Gasteiger partial charge in [-0.1, -0.05) is 31.0 Å². The van der Waals surface area contributed by atoms with E-state index in [1.54, 1.807) is 0 Å². The first kappa shape index (κ1) is 23.9. The number of aromatic nitrogens is 1. The molecule has 5 fully saturated rings. The molecule has 7 nitrogen and oxygen atoms in total. The molecule has 2 amide bonds. The molecular formula is C30H39N3O4. The Bertz CT molecular complexity index is 1150. The molecular weight excluding hydrogens is 466 g/mol. The van der Waals surface area contributed by atoms with Crippen molar-refractivity contribution in [3.05, 3.63) is 36.5 Å². The van der Waals surface area contributed by atoms with Crippen LogP contribution in [0.2, 0.25) is 0 Å². The summed E-state index contributed by atoms with van der Waals surface area (Å²) in [7, 11) is 0. The Morgan fingerprint density at radius 1 is 0.784 bits per heavy atom. The molecule has 8 atom stereocenters. The Balaban J connectivity index is 0.991. The zero-order valence-corrected chi connectivity index (χ0v) is 21.5. The van der Waals surface area contributed by atoms with Gasteiger partial charge in [-0.25, -0.2) is 0 Å². The minimum absolute atomic E-state index is 0.0856. The normalized spacial score (nSPS) is 38.7. The molecule has 6 unspecified atom stereocenters. The highest BCUT2D eigenvalue weighted by atomic mass is 16.3. The van der Waals surface area contributed by atoms with E-state index in [9.17, 15) is 19.8 Å². The van der Waals surface area contributed by atoms with Crippen molar-refractivity contribution in [2.24, 2.45) is 35.5 Å². The van der Waals surface area contributed by atoms with Gasteiger partial charge in [0.15, 0.2) is 0 Å². The lowest BCUT2D eigenvalue weighted by molar-refractivity contribution is -0.142. The zero-order chi connectivity index (χ0) is 25.3. The number of carbonyl (C=O) groups excluding carboxylic acids is 2. The van der Waals surface area contributed by atoms with Crippen molar-refractivity contribution in [3.8, 4) is 0 Å². The number of hydrogen-bond acceptors (Lipinski definition) is 5. The number of fused-ring (bicyclic) bond motifs is 6. The number of piperidine rings is 1. The predicted octanol–water partition coefficient (Wildman–Crippen LogP) is 3.06. The maximum absolute atomic E-state index is 13.4. The van der Waals surface area contributed by atoms with E-state index in [0.29, 0.717) is 30.8 Å². The number of benzene rings is 1. The van der Waals surface area contributed by atoms with Crippen molar-refractivity contribution in [3.63, 3.8) is 0 Å². The van der Waals surface area contributed by atoms with Crippen molar-refractivity contribution in [2.45, 2.75) is 63.2 Å². The standard InChI is InChI=1S/C30H39N3O4/c34-27-22-15-23(28(27)35)26-25(22)29(36)33(30(26)37)17-20-7-2-1-6-19(20)16-31-12-10-21(11-13-31)32-14-9-18-5-3-4-8-24(18)32/h3-5,8-9,14,19-23,25-28,34-35H,1-2,6-7,10-13,15-17H2/t19-,20-,22?,23?,25?,26?,27?,28?/m0/s1.